The van der Waals surface area contributed by atoms with Crippen LogP contribution in [0.4, 0.5) is 0 Å². The van der Waals surface area contributed by atoms with Gasteiger partial charge in [0.15, 0.2) is 17.1 Å². The number of benzene rings is 2. The van der Waals surface area contributed by atoms with Gasteiger partial charge in [-0.3, -0.25) is 0 Å². The monoisotopic (exact) mass is 307 g/mol. The van der Waals surface area contributed by atoms with Crippen molar-refractivity contribution in [3.63, 3.8) is 0 Å². The molecule has 0 aliphatic rings. The summed E-state index contributed by atoms with van der Waals surface area (Å²) in [6, 6.07) is 14.1. The van der Waals surface area contributed by atoms with Crippen LogP contribution in [0.1, 0.15) is 5.56 Å². The molecule has 1 aromatic heterocycles. The van der Waals surface area contributed by atoms with Crippen LogP contribution in [0.3, 0.4) is 0 Å². The van der Waals surface area contributed by atoms with Gasteiger partial charge >= 0.3 is 5.63 Å². The molecule has 3 rings (SSSR count). The molecular formula is C18H13NO4. The van der Waals surface area contributed by atoms with E-state index in [2.05, 4.69) is 0 Å². The molecule has 1 heterocycles. The van der Waals surface area contributed by atoms with E-state index in [0.717, 1.165) is 0 Å². The highest BCUT2D eigenvalue weighted by Gasteiger charge is 2.13. The van der Waals surface area contributed by atoms with Crippen LogP contribution in [0.15, 0.2) is 51.7 Å². The zero-order valence-electron chi connectivity index (χ0n) is 12.6. The predicted molar refractivity (Wildman–Crippen MR) is 85.7 cm³/mol. The fourth-order valence-corrected chi connectivity index (χ4v) is 2.44. The van der Waals surface area contributed by atoms with Gasteiger partial charge < -0.3 is 13.9 Å². The Morgan fingerprint density at radius 1 is 1.04 bits per heavy atom. The lowest BCUT2D eigenvalue weighted by Crippen LogP contribution is -2.03. The SMILES string of the molecule is COc1ccc(-c2cc3cccc(C#N)c3oc2=O)cc1OC. The van der Waals surface area contributed by atoms with Crippen molar-refractivity contribution in [2.24, 2.45) is 0 Å². The first kappa shape index (κ1) is 14.7. The smallest absolute Gasteiger partial charge is 0.344 e. The molecule has 0 saturated heterocycles. The maximum Gasteiger partial charge on any atom is 0.344 e. The maximum atomic E-state index is 12.3. The van der Waals surface area contributed by atoms with E-state index in [9.17, 15) is 4.79 Å². The van der Waals surface area contributed by atoms with Gasteiger partial charge in [0.2, 0.25) is 0 Å². The van der Waals surface area contributed by atoms with Gasteiger partial charge in [0.25, 0.3) is 0 Å². The molecule has 23 heavy (non-hydrogen) atoms. The summed E-state index contributed by atoms with van der Waals surface area (Å²) in [4.78, 5) is 12.3. The first-order valence-electron chi connectivity index (χ1n) is 6.87. The number of para-hydroxylation sites is 1. The summed E-state index contributed by atoms with van der Waals surface area (Å²) < 4.78 is 15.8. The lowest BCUT2D eigenvalue weighted by molar-refractivity contribution is 0.355. The highest BCUT2D eigenvalue weighted by Crippen LogP contribution is 2.32. The zero-order chi connectivity index (χ0) is 16.4. The molecule has 5 heteroatoms. The van der Waals surface area contributed by atoms with Crippen molar-refractivity contribution in [3.05, 3.63) is 58.4 Å². The summed E-state index contributed by atoms with van der Waals surface area (Å²) in [5.74, 6) is 1.10. The van der Waals surface area contributed by atoms with Crippen molar-refractivity contribution in [2.75, 3.05) is 14.2 Å². The molecule has 0 saturated carbocycles. The Morgan fingerprint density at radius 3 is 2.52 bits per heavy atom. The third-order valence-electron chi connectivity index (χ3n) is 3.57. The molecule has 0 spiro atoms. The van der Waals surface area contributed by atoms with Crippen LogP contribution in [-0.2, 0) is 0 Å². The summed E-state index contributed by atoms with van der Waals surface area (Å²) in [5, 5.41) is 9.78. The van der Waals surface area contributed by atoms with Gasteiger partial charge in [-0.25, -0.2) is 4.79 Å². The van der Waals surface area contributed by atoms with Crippen LogP contribution < -0.4 is 15.1 Å². The Hall–Kier alpha value is -3.26. The quantitative estimate of drug-likeness (QED) is 0.694. The van der Waals surface area contributed by atoms with Gasteiger partial charge in [-0.2, -0.15) is 5.26 Å². The normalized spacial score (nSPS) is 10.3. The average molecular weight is 307 g/mol. The Balaban J connectivity index is 2.23. The Labute approximate surface area is 132 Å². The predicted octanol–water partition coefficient (Wildman–Crippen LogP) is 3.35. The summed E-state index contributed by atoms with van der Waals surface area (Å²) in [6.45, 7) is 0. The molecular weight excluding hydrogens is 294 g/mol. The van der Waals surface area contributed by atoms with E-state index in [4.69, 9.17) is 19.2 Å². The topological polar surface area (TPSA) is 72.5 Å². The maximum absolute atomic E-state index is 12.3. The number of rotatable bonds is 3. The largest absolute Gasteiger partial charge is 0.493 e. The molecule has 2 aromatic carbocycles. The zero-order valence-corrected chi connectivity index (χ0v) is 12.6. The van der Waals surface area contributed by atoms with Crippen molar-refractivity contribution in [1.82, 2.24) is 0 Å². The number of hydrogen-bond acceptors (Lipinski definition) is 5. The van der Waals surface area contributed by atoms with Crippen LogP contribution in [0.25, 0.3) is 22.1 Å². The Bertz CT molecular complexity index is 982. The fourth-order valence-electron chi connectivity index (χ4n) is 2.44. The first-order valence-corrected chi connectivity index (χ1v) is 6.87. The summed E-state index contributed by atoms with van der Waals surface area (Å²) in [7, 11) is 3.08. The molecule has 0 atom stereocenters. The number of fused-ring (bicyclic) bond motifs is 1. The van der Waals surface area contributed by atoms with E-state index >= 15 is 0 Å². The van der Waals surface area contributed by atoms with E-state index in [0.29, 0.717) is 39.2 Å². The van der Waals surface area contributed by atoms with Crippen molar-refractivity contribution in [2.45, 2.75) is 0 Å². The highest BCUT2D eigenvalue weighted by atomic mass is 16.5. The highest BCUT2D eigenvalue weighted by molar-refractivity contribution is 5.86. The molecule has 114 valence electrons. The molecule has 0 aliphatic heterocycles. The fraction of sp³-hybridized carbons (Fsp3) is 0.111. The standard InChI is InChI=1S/C18H13NO4/c1-21-15-7-6-11(9-16(15)22-2)14-8-12-4-3-5-13(10-19)17(12)23-18(14)20/h3-9H,1-2H3. The number of nitrogens with zero attached hydrogens (tertiary/aromatic N) is 1. The molecule has 0 aliphatic carbocycles. The second-order valence-corrected chi connectivity index (χ2v) is 4.85. The minimum atomic E-state index is -0.507. The van der Waals surface area contributed by atoms with Crippen molar-refractivity contribution in [1.29, 1.82) is 5.26 Å². The van der Waals surface area contributed by atoms with Crippen LogP contribution in [0.5, 0.6) is 11.5 Å². The molecule has 0 fully saturated rings. The lowest BCUT2D eigenvalue weighted by atomic mass is 10.0. The third-order valence-corrected chi connectivity index (χ3v) is 3.57. The molecule has 0 unspecified atom stereocenters. The second-order valence-electron chi connectivity index (χ2n) is 4.85. The molecule has 5 nitrogen and oxygen atoms in total. The van der Waals surface area contributed by atoms with E-state index in [1.165, 1.54) is 7.11 Å². The summed E-state index contributed by atoms with van der Waals surface area (Å²) in [5.41, 5.74) is 1.17. The number of ether oxygens (including phenoxy) is 2. The van der Waals surface area contributed by atoms with Gasteiger partial charge in [0.05, 0.1) is 25.3 Å². The van der Waals surface area contributed by atoms with Crippen LogP contribution in [0.2, 0.25) is 0 Å². The van der Waals surface area contributed by atoms with E-state index < -0.39 is 5.63 Å². The van der Waals surface area contributed by atoms with E-state index in [1.54, 1.807) is 49.6 Å². The van der Waals surface area contributed by atoms with E-state index in [-0.39, 0.29) is 0 Å². The average Bonchev–Trinajstić information content (AvgIpc) is 2.60. The van der Waals surface area contributed by atoms with Crippen LogP contribution in [-0.4, -0.2) is 14.2 Å². The van der Waals surface area contributed by atoms with Crippen molar-refractivity contribution >= 4 is 11.0 Å². The molecule has 0 radical (unpaired) electrons. The lowest BCUT2D eigenvalue weighted by Gasteiger charge is -2.09. The van der Waals surface area contributed by atoms with Gasteiger partial charge in [0, 0.05) is 5.39 Å². The van der Waals surface area contributed by atoms with Gasteiger partial charge in [0.1, 0.15) is 6.07 Å². The van der Waals surface area contributed by atoms with Gasteiger partial charge in [-0.05, 0) is 29.8 Å². The van der Waals surface area contributed by atoms with Crippen LogP contribution >= 0.6 is 0 Å². The minimum absolute atomic E-state index is 0.296. The summed E-state index contributed by atoms with van der Waals surface area (Å²) in [6.07, 6.45) is 0. The number of nitriles is 1. The molecule has 3 aromatic rings. The Kier molecular flexibility index (Phi) is 3.73. The van der Waals surface area contributed by atoms with Gasteiger partial charge in [-0.15, -0.1) is 0 Å². The van der Waals surface area contributed by atoms with E-state index in [1.807, 2.05) is 6.07 Å². The molecule has 0 amide bonds. The third kappa shape index (κ3) is 2.51. The number of methoxy groups -OCH3 is 2. The molecule has 0 bridgehead atoms. The first-order chi connectivity index (χ1) is 11.2. The van der Waals surface area contributed by atoms with Gasteiger partial charge in [-0.1, -0.05) is 18.2 Å². The number of hydrogen-bond donors (Lipinski definition) is 0. The Morgan fingerprint density at radius 2 is 1.83 bits per heavy atom. The minimum Gasteiger partial charge on any atom is -0.493 e. The summed E-state index contributed by atoms with van der Waals surface area (Å²) >= 11 is 0. The van der Waals surface area contributed by atoms with Crippen molar-refractivity contribution in [3.8, 4) is 28.7 Å². The second kappa shape index (κ2) is 5.85. The molecule has 0 N–H and O–H groups in total. The van der Waals surface area contributed by atoms with Crippen molar-refractivity contribution < 1.29 is 13.9 Å². The van der Waals surface area contributed by atoms with Crippen LogP contribution in [0, 0.1) is 11.3 Å².